The van der Waals surface area contributed by atoms with E-state index < -0.39 is 0 Å². The van der Waals surface area contributed by atoms with Crippen LogP contribution in [0.3, 0.4) is 0 Å². The summed E-state index contributed by atoms with van der Waals surface area (Å²) in [5.74, 6) is 3.21. The van der Waals surface area contributed by atoms with Crippen molar-refractivity contribution in [3.8, 4) is 0 Å². The summed E-state index contributed by atoms with van der Waals surface area (Å²) in [5.41, 5.74) is 1.04. The Morgan fingerprint density at radius 2 is 1.47 bits per heavy atom. The minimum absolute atomic E-state index is 0.404. The molecule has 4 fully saturated rings. The van der Waals surface area contributed by atoms with Gasteiger partial charge < -0.3 is 5.32 Å². The van der Waals surface area contributed by atoms with E-state index in [4.69, 9.17) is 0 Å². The summed E-state index contributed by atoms with van der Waals surface area (Å²) in [5, 5.41) is 3.97. The van der Waals surface area contributed by atoms with E-state index in [1.54, 1.807) is 19.3 Å². The Morgan fingerprint density at radius 1 is 1.00 bits per heavy atom. The summed E-state index contributed by atoms with van der Waals surface area (Å²) in [4.78, 5) is 0. The van der Waals surface area contributed by atoms with E-state index >= 15 is 0 Å². The predicted octanol–water partition coefficient (Wildman–Crippen LogP) is 4.62. The fourth-order valence-corrected chi connectivity index (χ4v) is 6.26. The van der Waals surface area contributed by atoms with Gasteiger partial charge in [0.1, 0.15) is 0 Å². The lowest BCUT2D eigenvalue weighted by atomic mass is 9.45. The molecule has 1 heteroatoms. The summed E-state index contributed by atoms with van der Waals surface area (Å²) in [6.45, 7) is 10.9. The van der Waals surface area contributed by atoms with Crippen LogP contribution in [0.25, 0.3) is 0 Å². The van der Waals surface area contributed by atoms with E-state index in [-0.39, 0.29) is 0 Å². The smallest absolute Gasteiger partial charge is 0.0172 e. The summed E-state index contributed by atoms with van der Waals surface area (Å²) in [7, 11) is 0. The Bertz CT molecular complexity index is 290. The molecule has 1 unspecified atom stereocenters. The molecule has 4 aliphatic rings. The first-order chi connectivity index (χ1) is 8.93. The first kappa shape index (κ1) is 13.9. The Balaban J connectivity index is 1.84. The molecule has 0 heterocycles. The second-order valence-corrected chi connectivity index (χ2v) is 9.03. The van der Waals surface area contributed by atoms with Gasteiger partial charge in [0, 0.05) is 6.04 Å². The molecule has 1 N–H and O–H groups in total. The quantitative estimate of drug-likeness (QED) is 0.780. The number of hydrogen-bond donors (Lipinski definition) is 1. The first-order valence-electron chi connectivity index (χ1n) is 8.66. The number of nitrogens with one attached hydrogen (secondary N) is 1. The van der Waals surface area contributed by atoms with Crippen LogP contribution in [0.1, 0.15) is 72.6 Å². The minimum atomic E-state index is 0.404. The summed E-state index contributed by atoms with van der Waals surface area (Å²) in [6, 6.07) is 0.730. The second kappa shape index (κ2) is 4.76. The van der Waals surface area contributed by atoms with Crippen LogP contribution in [0, 0.1) is 28.6 Å². The van der Waals surface area contributed by atoms with Crippen LogP contribution in [-0.4, -0.2) is 12.6 Å². The molecule has 1 atom stereocenters. The molecule has 4 saturated carbocycles. The van der Waals surface area contributed by atoms with Crippen molar-refractivity contribution in [3.05, 3.63) is 0 Å². The van der Waals surface area contributed by atoms with Crippen LogP contribution < -0.4 is 5.32 Å². The van der Waals surface area contributed by atoms with Gasteiger partial charge in [0.2, 0.25) is 0 Å². The maximum atomic E-state index is 3.97. The minimum Gasteiger partial charge on any atom is -0.313 e. The molecule has 0 amide bonds. The van der Waals surface area contributed by atoms with Crippen LogP contribution in [0.2, 0.25) is 0 Å². The van der Waals surface area contributed by atoms with Crippen molar-refractivity contribution in [2.75, 3.05) is 6.54 Å². The van der Waals surface area contributed by atoms with Crippen molar-refractivity contribution in [1.82, 2.24) is 5.32 Å². The highest BCUT2D eigenvalue weighted by Crippen LogP contribution is 2.62. The molecule has 0 aromatic rings. The molecule has 0 aromatic heterocycles. The highest BCUT2D eigenvalue weighted by atomic mass is 15.0. The molecule has 0 radical (unpaired) electrons. The SMILES string of the molecule is CCCNC(C(C)(C)C)C12CC3CC(CC(C3)C1)C2. The molecule has 4 rings (SSSR count). The zero-order valence-corrected chi connectivity index (χ0v) is 13.5. The van der Waals surface area contributed by atoms with E-state index in [1.807, 2.05) is 0 Å². The molecule has 4 bridgehead atoms. The topological polar surface area (TPSA) is 12.0 Å². The average Bonchev–Trinajstić information content (AvgIpc) is 2.25. The lowest BCUT2D eigenvalue weighted by molar-refractivity contribution is -0.0943. The number of hydrogen-bond acceptors (Lipinski definition) is 1. The second-order valence-electron chi connectivity index (χ2n) is 9.03. The molecule has 1 nitrogen and oxygen atoms in total. The molecule has 0 aliphatic heterocycles. The van der Waals surface area contributed by atoms with E-state index in [0.717, 1.165) is 23.8 Å². The van der Waals surface area contributed by atoms with Crippen molar-refractivity contribution in [3.63, 3.8) is 0 Å². The van der Waals surface area contributed by atoms with Crippen molar-refractivity contribution in [2.24, 2.45) is 28.6 Å². The maximum absolute atomic E-state index is 3.97. The van der Waals surface area contributed by atoms with E-state index in [9.17, 15) is 0 Å². The Morgan fingerprint density at radius 3 is 1.84 bits per heavy atom. The highest BCUT2D eigenvalue weighted by molar-refractivity contribution is 5.08. The molecule has 0 aromatic carbocycles. The van der Waals surface area contributed by atoms with Gasteiger partial charge in [-0.3, -0.25) is 0 Å². The normalized spacial score (nSPS) is 42.6. The third-order valence-corrected chi connectivity index (χ3v) is 6.16. The van der Waals surface area contributed by atoms with Gasteiger partial charge in [-0.2, -0.15) is 0 Å². The lowest BCUT2D eigenvalue weighted by Gasteiger charge is -2.62. The summed E-state index contributed by atoms with van der Waals surface area (Å²) < 4.78 is 0. The maximum Gasteiger partial charge on any atom is 0.0172 e. The zero-order chi connectivity index (χ0) is 13.7. The van der Waals surface area contributed by atoms with Gasteiger partial charge in [-0.1, -0.05) is 27.7 Å². The third kappa shape index (κ3) is 2.48. The van der Waals surface area contributed by atoms with Gasteiger partial charge in [-0.05, 0) is 80.1 Å². The van der Waals surface area contributed by atoms with Crippen LogP contribution in [0.4, 0.5) is 0 Å². The Hall–Kier alpha value is -0.0400. The van der Waals surface area contributed by atoms with Crippen LogP contribution >= 0.6 is 0 Å². The van der Waals surface area contributed by atoms with Gasteiger partial charge in [0.15, 0.2) is 0 Å². The van der Waals surface area contributed by atoms with E-state index in [0.29, 0.717) is 10.8 Å². The van der Waals surface area contributed by atoms with Gasteiger partial charge >= 0.3 is 0 Å². The fourth-order valence-electron chi connectivity index (χ4n) is 6.26. The van der Waals surface area contributed by atoms with Crippen molar-refractivity contribution >= 4 is 0 Å². The van der Waals surface area contributed by atoms with Crippen molar-refractivity contribution < 1.29 is 0 Å². The Kier molecular flexibility index (Phi) is 3.48. The third-order valence-electron chi connectivity index (χ3n) is 6.16. The molecular formula is C18H33N. The van der Waals surface area contributed by atoms with E-state index in [2.05, 4.69) is 33.0 Å². The molecule has 0 saturated heterocycles. The summed E-state index contributed by atoms with van der Waals surface area (Å²) in [6.07, 6.45) is 10.5. The van der Waals surface area contributed by atoms with Crippen LogP contribution in [-0.2, 0) is 0 Å². The monoisotopic (exact) mass is 263 g/mol. The molecular weight excluding hydrogens is 230 g/mol. The lowest BCUT2D eigenvalue weighted by Crippen LogP contribution is -2.60. The fraction of sp³-hybridized carbons (Fsp3) is 1.00. The Labute approximate surface area is 119 Å². The molecule has 110 valence electrons. The first-order valence-corrected chi connectivity index (χ1v) is 8.66. The van der Waals surface area contributed by atoms with Gasteiger partial charge in [-0.25, -0.2) is 0 Å². The average molecular weight is 263 g/mol. The standard InChI is InChI=1S/C18H33N/c1-5-6-19-16(17(2,3)4)18-10-13-7-14(11-18)9-15(8-13)12-18/h13-16,19H,5-12H2,1-4H3. The van der Waals surface area contributed by atoms with Crippen LogP contribution in [0.5, 0.6) is 0 Å². The molecule has 4 aliphatic carbocycles. The van der Waals surface area contributed by atoms with E-state index in [1.165, 1.54) is 32.2 Å². The predicted molar refractivity (Wildman–Crippen MR) is 82.1 cm³/mol. The van der Waals surface area contributed by atoms with Crippen molar-refractivity contribution in [1.29, 1.82) is 0 Å². The largest absolute Gasteiger partial charge is 0.313 e. The summed E-state index contributed by atoms with van der Waals surface area (Å²) >= 11 is 0. The van der Waals surface area contributed by atoms with Crippen molar-refractivity contribution in [2.45, 2.75) is 78.7 Å². The zero-order valence-electron chi connectivity index (χ0n) is 13.5. The van der Waals surface area contributed by atoms with Gasteiger partial charge in [0.05, 0.1) is 0 Å². The molecule has 0 spiro atoms. The number of rotatable bonds is 4. The molecule has 19 heavy (non-hydrogen) atoms. The van der Waals surface area contributed by atoms with Gasteiger partial charge in [0.25, 0.3) is 0 Å². The van der Waals surface area contributed by atoms with Crippen LogP contribution in [0.15, 0.2) is 0 Å². The van der Waals surface area contributed by atoms with Gasteiger partial charge in [-0.15, -0.1) is 0 Å². The highest BCUT2D eigenvalue weighted by Gasteiger charge is 2.56.